The SMILES string of the molecule is CC1(C)CC(C(CCCCCCCC(=O)O)(C(=O)O)C2CC(C)(C)NC(C)(C)C2)CC(C)(C)N1.CC1(C)CC(OC(=O)CCCCCCCCC(=O)OC2CC(C)(C)NC(C)(C)C2)CC(C)(C)N1. The van der Waals surface area contributed by atoms with Gasteiger partial charge in [-0.3, -0.25) is 19.2 Å². The first-order valence-electron chi connectivity index (χ1n) is 27.0. The maximum absolute atomic E-state index is 13.4. The van der Waals surface area contributed by atoms with Gasteiger partial charge < -0.3 is 41.0 Å². The van der Waals surface area contributed by atoms with E-state index >= 15 is 0 Å². The fourth-order valence-electron chi connectivity index (χ4n) is 14.2. The van der Waals surface area contributed by atoms with Crippen molar-refractivity contribution < 1.29 is 38.9 Å². The van der Waals surface area contributed by atoms with Crippen LogP contribution in [0.15, 0.2) is 0 Å². The smallest absolute Gasteiger partial charge is 0.310 e. The van der Waals surface area contributed by atoms with Gasteiger partial charge in [-0.25, -0.2) is 0 Å². The maximum atomic E-state index is 13.4. The Kier molecular flexibility index (Phi) is 21.2. The van der Waals surface area contributed by atoms with Gasteiger partial charge in [-0.15, -0.1) is 0 Å². The third-order valence-corrected chi connectivity index (χ3v) is 15.1. The number of esters is 2. The van der Waals surface area contributed by atoms with Crippen molar-refractivity contribution in [3.63, 3.8) is 0 Å². The zero-order chi connectivity index (χ0) is 51.6. The Morgan fingerprint density at radius 1 is 0.397 bits per heavy atom. The number of hydrogen-bond donors (Lipinski definition) is 6. The molecule has 0 aromatic heterocycles. The van der Waals surface area contributed by atoms with Gasteiger partial charge in [0.1, 0.15) is 12.2 Å². The molecule has 0 radical (unpaired) electrons. The molecule has 0 spiro atoms. The first-order valence-corrected chi connectivity index (χ1v) is 27.0. The summed E-state index contributed by atoms with van der Waals surface area (Å²) < 4.78 is 11.6. The molecule has 0 atom stereocenters. The van der Waals surface area contributed by atoms with Crippen molar-refractivity contribution in [2.45, 2.75) is 315 Å². The quantitative estimate of drug-likeness (QED) is 0.0448. The zero-order valence-electron chi connectivity index (χ0n) is 46.4. The van der Waals surface area contributed by atoms with Gasteiger partial charge in [0.05, 0.1) is 5.41 Å². The number of carbonyl (C=O) groups excluding carboxylic acids is 2. The van der Waals surface area contributed by atoms with E-state index in [9.17, 15) is 24.3 Å². The molecule has 4 rings (SSSR count). The van der Waals surface area contributed by atoms with Crippen LogP contribution in [0.25, 0.3) is 0 Å². The van der Waals surface area contributed by atoms with Crippen molar-refractivity contribution in [1.29, 1.82) is 0 Å². The molecule has 12 nitrogen and oxygen atoms in total. The number of nitrogens with one attached hydrogen (secondary N) is 4. The summed E-state index contributed by atoms with van der Waals surface area (Å²) in [6.07, 6.45) is 19.2. The second-order valence-corrected chi connectivity index (χ2v) is 27.4. The van der Waals surface area contributed by atoms with Crippen molar-refractivity contribution in [3.05, 3.63) is 0 Å². The summed E-state index contributed by atoms with van der Waals surface area (Å²) in [5.74, 6) is -1.26. The van der Waals surface area contributed by atoms with Crippen molar-refractivity contribution in [3.8, 4) is 0 Å². The van der Waals surface area contributed by atoms with E-state index in [1.54, 1.807) is 0 Å². The van der Waals surface area contributed by atoms with Gasteiger partial charge in [0.25, 0.3) is 0 Å². The second-order valence-electron chi connectivity index (χ2n) is 27.4. The summed E-state index contributed by atoms with van der Waals surface area (Å²) in [7, 11) is 0. The van der Waals surface area contributed by atoms with Crippen LogP contribution >= 0.6 is 0 Å². The number of carboxylic acids is 2. The molecule has 4 heterocycles. The highest BCUT2D eigenvalue weighted by atomic mass is 16.5. The number of piperidine rings is 4. The van der Waals surface area contributed by atoms with Crippen LogP contribution in [0.3, 0.4) is 0 Å². The average Bonchev–Trinajstić information content (AvgIpc) is 3.08. The third kappa shape index (κ3) is 20.8. The summed E-state index contributed by atoms with van der Waals surface area (Å²) in [6, 6.07) is 0. The lowest BCUT2D eigenvalue weighted by atomic mass is 9.52. The van der Waals surface area contributed by atoms with Gasteiger partial charge in [0.2, 0.25) is 0 Å². The summed E-state index contributed by atoms with van der Waals surface area (Å²) in [5.41, 5.74) is -1.25. The molecule has 0 aliphatic carbocycles. The fourth-order valence-corrected chi connectivity index (χ4v) is 14.2. The highest BCUT2D eigenvalue weighted by Gasteiger charge is 2.58. The summed E-state index contributed by atoms with van der Waals surface area (Å²) in [6.45, 7) is 35.1. The average molecular weight is 961 g/mol. The molecule has 12 heteroatoms. The second kappa shape index (κ2) is 24.0. The van der Waals surface area contributed by atoms with Crippen LogP contribution in [0.4, 0.5) is 0 Å². The Morgan fingerprint density at radius 2 is 0.647 bits per heavy atom. The zero-order valence-corrected chi connectivity index (χ0v) is 46.4. The maximum Gasteiger partial charge on any atom is 0.310 e. The van der Waals surface area contributed by atoms with Crippen LogP contribution in [-0.4, -0.2) is 90.6 Å². The van der Waals surface area contributed by atoms with Crippen LogP contribution in [0.1, 0.15) is 258 Å². The van der Waals surface area contributed by atoms with Crippen molar-refractivity contribution in [2.24, 2.45) is 17.3 Å². The Labute approximate surface area is 414 Å². The molecule has 4 saturated heterocycles. The summed E-state index contributed by atoms with van der Waals surface area (Å²) in [5, 5.41) is 34.6. The van der Waals surface area contributed by atoms with Gasteiger partial charge in [0.15, 0.2) is 0 Å². The molecule has 6 N–H and O–H groups in total. The van der Waals surface area contributed by atoms with E-state index in [2.05, 4.69) is 132 Å². The van der Waals surface area contributed by atoms with Gasteiger partial charge in [-0.2, -0.15) is 0 Å². The Balaban J connectivity index is 0.000000360. The molecule has 0 bridgehead atoms. The molecule has 0 saturated carbocycles. The fraction of sp³-hybridized carbons (Fsp3) is 0.929. The Bertz CT molecular complexity index is 1490. The first kappa shape index (κ1) is 60.0. The minimum atomic E-state index is -0.756. The van der Waals surface area contributed by atoms with E-state index in [1.165, 1.54) is 0 Å². The predicted molar refractivity (Wildman–Crippen MR) is 276 cm³/mol. The Morgan fingerprint density at radius 3 is 0.926 bits per heavy atom. The van der Waals surface area contributed by atoms with E-state index in [0.29, 0.717) is 25.7 Å². The van der Waals surface area contributed by atoms with E-state index in [0.717, 1.165) is 116 Å². The highest BCUT2D eigenvalue weighted by molar-refractivity contribution is 5.76. The minimum Gasteiger partial charge on any atom is -0.481 e. The summed E-state index contributed by atoms with van der Waals surface area (Å²) in [4.78, 5) is 48.8. The molecular formula is C56H104N4O8. The number of carbonyl (C=O) groups is 4. The molecule has 4 aliphatic rings. The Hall–Kier alpha value is -2.28. The lowest BCUT2D eigenvalue weighted by molar-refractivity contribution is -0.166. The molecule has 0 unspecified atom stereocenters. The van der Waals surface area contributed by atoms with Crippen molar-refractivity contribution in [1.82, 2.24) is 21.3 Å². The number of aliphatic carboxylic acids is 2. The van der Waals surface area contributed by atoms with Crippen LogP contribution in [0.5, 0.6) is 0 Å². The number of ether oxygens (including phenoxy) is 2. The molecule has 396 valence electrons. The molecular weight excluding hydrogens is 857 g/mol. The lowest BCUT2D eigenvalue weighted by Crippen LogP contribution is -2.65. The molecule has 0 amide bonds. The number of unbranched alkanes of at least 4 members (excludes halogenated alkanes) is 9. The van der Waals surface area contributed by atoms with E-state index in [4.69, 9.17) is 14.6 Å². The number of carboxylic acid groups (broad SMARTS) is 2. The number of hydrogen-bond acceptors (Lipinski definition) is 10. The number of rotatable bonds is 22. The van der Waals surface area contributed by atoms with Crippen molar-refractivity contribution >= 4 is 23.9 Å². The summed E-state index contributed by atoms with van der Waals surface area (Å²) >= 11 is 0. The van der Waals surface area contributed by atoms with Crippen LogP contribution in [0, 0.1) is 17.3 Å². The molecule has 0 aromatic carbocycles. The monoisotopic (exact) mass is 961 g/mol. The van der Waals surface area contributed by atoms with E-state index < -0.39 is 17.4 Å². The normalized spacial score (nSPS) is 24.2. The van der Waals surface area contributed by atoms with Gasteiger partial charge in [0, 0.05) is 89.3 Å². The van der Waals surface area contributed by atoms with Gasteiger partial charge >= 0.3 is 23.9 Å². The third-order valence-electron chi connectivity index (χ3n) is 15.1. The van der Waals surface area contributed by atoms with Crippen LogP contribution in [0.2, 0.25) is 0 Å². The van der Waals surface area contributed by atoms with E-state index in [-0.39, 0.29) is 86.7 Å². The standard InChI is InChI=1S/2C28H52N2O4/c1-24(2)16-20(17-25(3,4)29-24)28(23(33)34,15-13-11-9-10-12-14-22(31)32)21-18-26(5,6)30-27(7,8)19-21;1-25(2)17-21(18-26(3,4)29-25)33-23(31)15-13-11-9-10-12-14-16-24(32)34-22-19-27(5,6)30-28(7,8)20-22/h20-21,29-30H,9-19H2,1-8H3,(H,31,32)(H,33,34);21-22,29-30H,9-20H2,1-8H3. The van der Waals surface area contributed by atoms with E-state index in [1.807, 2.05) is 0 Å². The topological polar surface area (TPSA) is 175 Å². The molecule has 0 aromatic rings. The van der Waals surface area contributed by atoms with Crippen LogP contribution in [-0.2, 0) is 28.7 Å². The van der Waals surface area contributed by atoms with Gasteiger partial charge in [-0.05, 0) is 174 Å². The molecule has 4 fully saturated rings. The molecule has 68 heavy (non-hydrogen) atoms. The first-order chi connectivity index (χ1) is 31.0. The lowest BCUT2D eigenvalue weighted by Gasteiger charge is -2.57. The highest BCUT2D eigenvalue weighted by Crippen LogP contribution is 2.55. The minimum absolute atomic E-state index is 0.000484. The van der Waals surface area contributed by atoms with Gasteiger partial charge in [-0.1, -0.05) is 51.4 Å². The van der Waals surface area contributed by atoms with Crippen molar-refractivity contribution in [2.75, 3.05) is 0 Å². The largest absolute Gasteiger partial charge is 0.481 e. The molecule has 4 aliphatic heterocycles. The van der Waals surface area contributed by atoms with Crippen LogP contribution < -0.4 is 21.3 Å². The predicted octanol–water partition coefficient (Wildman–Crippen LogP) is 11.8.